The summed E-state index contributed by atoms with van der Waals surface area (Å²) in [4.78, 5) is 0. The smallest absolute Gasteiger partial charge is 0.00668 e. The average molecular weight is 122 g/mol. The lowest BCUT2D eigenvalue weighted by Crippen LogP contribution is -2.05. The Kier molecular flexibility index (Phi) is 0.769. The summed E-state index contributed by atoms with van der Waals surface area (Å²) in [5.74, 6) is 0. The first-order chi connectivity index (χ1) is 4.12. The van der Waals surface area contributed by atoms with Crippen LogP contribution in [-0.4, -0.2) is 0 Å². The van der Waals surface area contributed by atoms with Crippen LogP contribution in [0, 0.1) is 10.8 Å². The summed E-state index contributed by atoms with van der Waals surface area (Å²) in [5, 5.41) is 0. The molecule has 9 heavy (non-hydrogen) atoms. The van der Waals surface area contributed by atoms with E-state index >= 15 is 0 Å². The van der Waals surface area contributed by atoms with Crippen molar-refractivity contribution in [3.05, 3.63) is 12.2 Å². The van der Waals surface area contributed by atoms with Crippen LogP contribution in [0.2, 0.25) is 0 Å². The van der Waals surface area contributed by atoms with Gasteiger partial charge in [-0.3, -0.25) is 0 Å². The molecule has 0 nitrogen and oxygen atoms in total. The van der Waals surface area contributed by atoms with Crippen molar-refractivity contribution in [2.75, 3.05) is 0 Å². The summed E-state index contributed by atoms with van der Waals surface area (Å²) in [5.41, 5.74) is 1.26. The van der Waals surface area contributed by atoms with Gasteiger partial charge in [-0.05, 0) is 24.7 Å². The maximum atomic E-state index is 2.38. The molecule has 1 fully saturated rings. The van der Waals surface area contributed by atoms with Gasteiger partial charge in [0.2, 0.25) is 0 Å². The molecule has 2 aliphatic carbocycles. The fraction of sp³-hybridized carbons (Fsp3) is 0.778. The van der Waals surface area contributed by atoms with Crippen molar-refractivity contribution in [2.45, 2.75) is 33.1 Å². The number of hydrogen-bond donors (Lipinski definition) is 0. The lowest BCUT2D eigenvalue weighted by atomic mass is 9.89. The molecule has 1 saturated carbocycles. The molecule has 0 radical (unpaired) electrons. The highest BCUT2D eigenvalue weighted by molar-refractivity contribution is 5.28. The van der Waals surface area contributed by atoms with E-state index in [4.69, 9.17) is 0 Å². The van der Waals surface area contributed by atoms with Crippen molar-refractivity contribution in [2.24, 2.45) is 10.8 Å². The molecule has 0 aliphatic heterocycles. The molecule has 0 aromatic carbocycles. The lowest BCUT2D eigenvalue weighted by Gasteiger charge is -2.16. The van der Waals surface area contributed by atoms with Crippen LogP contribution in [0.3, 0.4) is 0 Å². The third-order valence-corrected chi connectivity index (χ3v) is 2.71. The minimum atomic E-state index is 0.628. The Bertz CT molecular complexity index is 153. The molecule has 0 aromatic heterocycles. The molecule has 0 amide bonds. The molecule has 0 aromatic rings. The Hall–Kier alpha value is -0.260. The van der Waals surface area contributed by atoms with E-state index < -0.39 is 0 Å². The largest absolute Gasteiger partial charge is 0.0777 e. The van der Waals surface area contributed by atoms with Crippen LogP contribution in [0.5, 0.6) is 0 Å². The van der Waals surface area contributed by atoms with Gasteiger partial charge < -0.3 is 0 Å². The van der Waals surface area contributed by atoms with Gasteiger partial charge in [0.05, 0.1) is 0 Å². The second kappa shape index (κ2) is 1.25. The topological polar surface area (TPSA) is 0 Å². The fourth-order valence-corrected chi connectivity index (χ4v) is 2.04. The van der Waals surface area contributed by atoms with Gasteiger partial charge in [0.15, 0.2) is 0 Å². The molecule has 50 valence electrons. The maximum absolute atomic E-state index is 2.38. The second-order valence-electron chi connectivity index (χ2n) is 4.41. The number of allylic oxidation sites excluding steroid dienone is 2. The Labute approximate surface area is 57.0 Å². The van der Waals surface area contributed by atoms with Crippen LogP contribution in [0.4, 0.5) is 0 Å². The van der Waals surface area contributed by atoms with E-state index in [0.717, 1.165) is 0 Å². The molecule has 0 saturated heterocycles. The summed E-state index contributed by atoms with van der Waals surface area (Å²) >= 11 is 0. The molecule has 1 spiro atoms. The molecule has 0 bridgehead atoms. The highest BCUT2D eigenvalue weighted by Crippen LogP contribution is 2.57. The first-order valence-electron chi connectivity index (χ1n) is 3.82. The van der Waals surface area contributed by atoms with E-state index in [-0.39, 0.29) is 0 Å². The number of rotatable bonds is 0. The first kappa shape index (κ1) is 5.52. The van der Waals surface area contributed by atoms with Crippen molar-refractivity contribution in [1.82, 2.24) is 0 Å². The quantitative estimate of drug-likeness (QED) is 0.433. The van der Waals surface area contributed by atoms with E-state index in [1.807, 2.05) is 0 Å². The van der Waals surface area contributed by atoms with Crippen molar-refractivity contribution in [3.63, 3.8) is 0 Å². The summed E-state index contributed by atoms with van der Waals surface area (Å²) < 4.78 is 0. The third-order valence-electron chi connectivity index (χ3n) is 2.71. The molecule has 2 rings (SSSR count). The van der Waals surface area contributed by atoms with Gasteiger partial charge in [0.1, 0.15) is 0 Å². The maximum Gasteiger partial charge on any atom is 0.00668 e. The third kappa shape index (κ3) is 0.810. The van der Waals surface area contributed by atoms with E-state index in [0.29, 0.717) is 10.8 Å². The van der Waals surface area contributed by atoms with Gasteiger partial charge in [-0.1, -0.05) is 26.0 Å². The molecule has 2 aliphatic rings. The molecule has 0 unspecified atom stereocenters. The molecule has 0 atom stereocenters. The zero-order chi connectivity index (χ0) is 6.54. The van der Waals surface area contributed by atoms with E-state index in [1.54, 1.807) is 0 Å². The monoisotopic (exact) mass is 122 g/mol. The van der Waals surface area contributed by atoms with Gasteiger partial charge in [0, 0.05) is 5.41 Å². The summed E-state index contributed by atoms with van der Waals surface area (Å²) in [6, 6.07) is 0. The first-order valence-corrected chi connectivity index (χ1v) is 3.82. The highest BCUT2D eigenvalue weighted by Gasteiger charge is 2.45. The Morgan fingerprint density at radius 1 is 1.11 bits per heavy atom. The second-order valence-corrected chi connectivity index (χ2v) is 4.41. The Balaban J connectivity index is 2.09. The van der Waals surface area contributed by atoms with Crippen molar-refractivity contribution < 1.29 is 0 Å². The predicted molar refractivity (Wildman–Crippen MR) is 39.2 cm³/mol. The van der Waals surface area contributed by atoms with Crippen LogP contribution in [0.1, 0.15) is 33.1 Å². The lowest BCUT2D eigenvalue weighted by molar-refractivity contribution is 0.363. The van der Waals surface area contributed by atoms with Crippen LogP contribution in [0.25, 0.3) is 0 Å². The average Bonchev–Trinajstić information content (AvgIpc) is 2.36. The zero-order valence-electron chi connectivity index (χ0n) is 6.28. The standard InChI is InChI=1S/C9H14/c1-8(2)3-4-9(7-8)5-6-9/h5-6H,3-4,7H2,1-2H3. The molecular weight excluding hydrogens is 108 g/mol. The van der Waals surface area contributed by atoms with Crippen molar-refractivity contribution in [1.29, 1.82) is 0 Å². The van der Waals surface area contributed by atoms with E-state index in [1.165, 1.54) is 19.3 Å². The fourth-order valence-electron chi connectivity index (χ4n) is 2.04. The van der Waals surface area contributed by atoms with Crippen LogP contribution in [0.15, 0.2) is 12.2 Å². The van der Waals surface area contributed by atoms with Crippen LogP contribution >= 0.6 is 0 Å². The summed E-state index contributed by atoms with van der Waals surface area (Å²) in [7, 11) is 0. The van der Waals surface area contributed by atoms with Crippen molar-refractivity contribution >= 4 is 0 Å². The minimum Gasteiger partial charge on any atom is -0.0777 e. The molecular formula is C9H14. The van der Waals surface area contributed by atoms with E-state index in [9.17, 15) is 0 Å². The molecule has 0 heterocycles. The normalized spacial score (nSPS) is 33.6. The predicted octanol–water partition coefficient (Wildman–Crippen LogP) is 2.75. The van der Waals surface area contributed by atoms with Gasteiger partial charge in [-0.2, -0.15) is 0 Å². The van der Waals surface area contributed by atoms with Gasteiger partial charge in [0.25, 0.3) is 0 Å². The molecule has 0 heteroatoms. The van der Waals surface area contributed by atoms with Crippen LogP contribution in [-0.2, 0) is 0 Å². The van der Waals surface area contributed by atoms with Gasteiger partial charge in [-0.15, -0.1) is 0 Å². The number of hydrogen-bond acceptors (Lipinski definition) is 0. The van der Waals surface area contributed by atoms with Gasteiger partial charge >= 0.3 is 0 Å². The zero-order valence-corrected chi connectivity index (χ0v) is 6.28. The minimum absolute atomic E-state index is 0.628. The van der Waals surface area contributed by atoms with Gasteiger partial charge in [-0.25, -0.2) is 0 Å². The van der Waals surface area contributed by atoms with Crippen LogP contribution < -0.4 is 0 Å². The van der Waals surface area contributed by atoms with E-state index in [2.05, 4.69) is 26.0 Å². The summed E-state index contributed by atoms with van der Waals surface area (Å²) in [6.45, 7) is 4.75. The Morgan fingerprint density at radius 2 is 1.78 bits per heavy atom. The summed E-state index contributed by atoms with van der Waals surface area (Å²) in [6.07, 6.45) is 8.99. The Morgan fingerprint density at radius 3 is 2.00 bits per heavy atom. The SMILES string of the molecule is CC1(C)CCC2(C=C2)C1. The van der Waals surface area contributed by atoms with Crippen molar-refractivity contribution in [3.8, 4) is 0 Å². The highest BCUT2D eigenvalue weighted by atomic mass is 14.5. The molecule has 0 N–H and O–H groups in total.